The molecule has 0 fully saturated rings. The minimum atomic E-state index is -1.60. The molecule has 0 aliphatic carbocycles. The molecule has 0 aliphatic heterocycles. The smallest absolute Gasteiger partial charge is 0.377 e. The molecular weight excluding hydrogens is 217 g/mol. The minimum Gasteiger partial charge on any atom is -0.475 e. The first-order valence-electron chi connectivity index (χ1n) is 3.10. The maximum atomic E-state index is 11.0. The molecule has 4 nitrogen and oxygen atoms in total. The van der Waals surface area contributed by atoms with Crippen LogP contribution in [0, 0.1) is 0 Å². The first-order chi connectivity index (χ1) is 6.04. The maximum Gasteiger partial charge on any atom is 0.377 e. The van der Waals surface area contributed by atoms with E-state index in [1.165, 1.54) is 0 Å². The van der Waals surface area contributed by atoms with Crippen molar-refractivity contribution in [3.8, 4) is 0 Å². The van der Waals surface area contributed by atoms with E-state index < -0.39 is 11.8 Å². The van der Waals surface area contributed by atoms with Gasteiger partial charge in [0.15, 0.2) is 0 Å². The number of hydrogen-bond acceptors (Lipinski definition) is 3. The number of carboxylic acid groups (broad SMARTS) is 1. The molecule has 0 aromatic carbocycles. The summed E-state index contributed by atoms with van der Waals surface area (Å²) in [5.74, 6) is -2.74. The van der Waals surface area contributed by atoms with E-state index in [4.69, 9.17) is 28.3 Å². The van der Waals surface area contributed by atoms with Gasteiger partial charge in [-0.3, -0.25) is 9.78 Å². The fraction of sp³-hybridized carbons (Fsp3) is 0. The van der Waals surface area contributed by atoms with E-state index in [0.29, 0.717) is 0 Å². The van der Waals surface area contributed by atoms with Crippen LogP contribution < -0.4 is 0 Å². The maximum absolute atomic E-state index is 11.0. The molecule has 1 aromatic rings. The first-order valence-corrected chi connectivity index (χ1v) is 3.86. The van der Waals surface area contributed by atoms with E-state index in [9.17, 15) is 9.59 Å². The lowest BCUT2D eigenvalue weighted by molar-refractivity contribution is -0.131. The third-order valence-electron chi connectivity index (χ3n) is 1.27. The second kappa shape index (κ2) is 3.72. The largest absolute Gasteiger partial charge is 0.475 e. The second-order valence-electron chi connectivity index (χ2n) is 2.11. The fourth-order valence-electron chi connectivity index (χ4n) is 0.735. The lowest BCUT2D eigenvalue weighted by Crippen LogP contribution is -2.13. The zero-order valence-electron chi connectivity index (χ0n) is 6.12. The van der Waals surface area contributed by atoms with Gasteiger partial charge >= 0.3 is 5.97 Å². The van der Waals surface area contributed by atoms with Gasteiger partial charge in [0.25, 0.3) is 5.78 Å². The summed E-state index contributed by atoms with van der Waals surface area (Å²) >= 11 is 11.1. The molecule has 0 spiro atoms. The summed E-state index contributed by atoms with van der Waals surface area (Å²) < 4.78 is 0. The summed E-state index contributed by atoms with van der Waals surface area (Å²) in [7, 11) is 0. The number of nitrogens with zero attached hydrogens (tertiary/aromatic N) is 1. The highest BCUT2D eigenvalue weighted by molar-refractivity contribution is 6.49. The van der Waals surface area contributed by atoms with Gasteiger partial charge in [0.1, 0.15) is 0 Å². The molecule has 0 bridgehead atoms. The summed E-state index contributed by atoms with van der Waals surface area (Å²) in [6, 6.07) is 0. The van der Waals surface area contributed by atoms with Gasteiger partial charge in [0, 0.05) is 12.4 Å². The van der Waals surface area contributed by atoms with Crippen LogP contribution in [0.4, 0.5) is 0 Å². The van der Waals surface area contributed by atoms with Gasteiger partial charge in [-0.2, -0.15) is 0 Å². The van der Waals surface area contributed by atoms with Crippen molar-refractivity contribution in [2.45, 2.75) is 0 Å². The first kappa shape index (κ1) is 9.95. The number of aliphatic carboxylic acids is 1. The third-order valence-corrected chi connectivity index (χ3v) is 1.85. The Morgan fingerprint density at radius 3 is 2.08 bits per heavy atom. The lowest BCUT2D eigenvalue weighted by atomic mass is 10.2. The highest BCUT2D eigenvalue weighted by atomic mass is 35.5. The van der Waals surface area contributed by atoms with E-state index in [1.807, 2.05) is 0 Å². The van der Waals surface area contributed by atoms with Crippen LogP contribution in [0.3, 0.4) is 0 Å². The van der Waals surface area contributed by atoms with Crippen molar-refractivity contribution in [2.24, 2.45) is 0 Å². The molecule has 6 heteroatoms. The normalized spacial score (nSPS) is 9.69. The van der Waals surface area contributed by atoms with Crippen molar-refractivity contribution in [1.29, 1.82) is 0 Å². The Hall–Kier alpha value is -1.13. The fourth-order valence-corrected chi connectivity index (χ4v) is 1.27. The number of aromatic nitrogens is 1. The number of carbonyl (C=O) groups excluding carboxylic acids is 1. The van der Waals surface area contributed by atoms with Gasteiger partial charge in [-0.15, -0.1) is 0 Å². The molecule has 0 atom stereocenters. The zero-order chi connectivity index (χ0) is 10.0. The van der Waals surface area contributed by atoms with E-state index in [-0.39, 0.29) is 15.6 Å². The number of hydrogen-bond donors (Lipinski definition) is 1. The van der Waals surface area contributed by atoms with Crippen LogP contribution in [0.25, 0.3) is 0 Å². The lowest BCUT2D eigenvalue weighted by Gasteiger charge is -2.00. The number of carboxylic acids is 1. The Bertz CT molecular complexity index is 358. The average Bonchev–Trinajstić information content (AvgIpc) is 2.03. The topological polar surface area (TPSA) is 67.3 Å². The van der Waals surface area contributed by atoms with Gasteiger partial charge in [-0.25, -0.2) is 4.79 Å². The number of pyridine rings is 1. The molecule has 0 unspecified atom stereocenters. The standard InChI is InChI=1S/C7H3Cl2NO3/c8-3-1-10-2-4(9)5(3)6(11)7(12)13/h1-2H,(H,12,13). The van der Waals surface area contributed by atoms with Gasteiger partial charge in [-0.05, 0) is 0 Å². The SMILES string of the molecule is O=C(O)C(=O)c1c(Cl)cncc1Cl. The van der Waals surface area contributed by atoms with Crippen LogP contribution in [-0.2, 0) is 4.79 Å². The van der Waals surface area contributed by atoms with Crippen LogP contribution >= 0.6 is 23.2 Å². The predicted octanol–water partition coefficient (Wildman–Crippen LogP) is 1.66. The number of rotatable bonds is 2. The molecule has 0 saturated heterocycles. The van der Waals surface area contributed by atoms with Crippen LogP contribution in [0.15, 0.2) is 12.4 Å². The number of Topliss-reactive ketones (excluding diaryl/α,β-unsaturated/α-hetero) is 1. The number of halogens is 2. The van der Waals surface area contributed by atoms with Crippen molar-refractivity contribution in [2.75, 3.05) is 0 Å². The summed E-state index contributed by atoms with van der Waals surface area (Å²) in [5.41, 5.74) is -0.231. The van der Waals surface area contributed by atoms with Crippen LogP contribution in [0.2, 0.25) is 10.0 Å². The van der Waals surface area contributed by atoms with Crippen molar-refractivity contribution < 1.29 is 14.7 Å². The van der Waals surface area contributed by atoms with E-state index in [2.05, 4.69) is 4.98 Å². The molecule has 0 radical (unpaired) electrons. The zero-order valence-corrected chi connectivity index (χ0v) is 7.63. The van der Waals surface area contributed by atoms with Gasteiger partial charge in [0.2, 0.25) is 0 Å². The Kier molecular flexibility index (Phi) is 2.85. The third kappa shape index (κ3) is 1.96. The summed E-state index contributed by atoms with van der Waals surface area (Å²) in [4.78, 5) is 24.9. The van der Waals surface area contributed by atoms with Gasteiger partial charge < -0.3 is 5.11 Å². The van der Waals surface area contributed by atoms with Crippen LogP contribution in [0.1, 0.15) is 10.4 Å². The second-order valence-corrected chi connectivity index (χ2v) is 2.93. The molecule has 1 aromatic heterocycles. The predicted molar refractivity (Wildman–Crippen MR) is 46.2 cm³/mol. The van der Waals surface area contributed by atoms with E-state index >= 15 is 0 Å². The Morgan fingerprint density at radius 2 is 1.69 bits per heavy atom. The molecule has 1 heterocycles. The number of carbonyl (C=O) groups is 2. The number of ketones is 1. The quantitative estimate of drug-likeness (QED) is 0.607. The Balaban J connectivity index is 3.28. The highest BCUT2D eigenvalue weighted by Crippen LogP contribution is 2.23. The molecule has 1 rings (SSSR count). The Morgan fingerprint density at radius 1 is 1.23 bits per heavy atom. The average molecular weight is 220 g/mol. The van der Waals surface area contributed by atoms with Gasteiger partial charge in [-0.1, -0.05) is 23.2 Å². The molecule has 1 N–H and O–H groups in total. The summed E-state index contributed by atoms with van der Waals surface area (Å²) in [6.45, 7) is 0. The van der Waals surface area contributed by atoms with E-state index in [0.717, 1.165) is 12.4 Å². The van der Waals surface area contributed by atoms with Gasteiger partial charge in [0.05, 0.1) is 15.6 Å². The van der Waals surface area contributed by atoms with Crippen LogP contribution in [0.5, 0.6) is 0 Å². The monoisotopic (exact) mass is 219 g/mol. The minimum absolute atomic E-state index is 0.0695. The molecule has 0 amide bonds. The summed E-state index contributed by atoms with van der Waals surface area (Å²) in [5, 5.41) is 8.26. The molecule has 68 valence electrons. The van der Waals surface area contributed by atoms with Crippen molar-refractivity contribution in [3.05, 3.63) is 28.0 Å². The molecule has 0 saturated carbocycles. The molecular formula is C7H3Cl2NO3. The van der Waals surface area contributed by atoms with Crippen molar-refractivity contribution in [3.63, 3.8) is 0 Å². The van der Waals surface area contributed by atoms with Crippen LogP contribution in [-0.4, -0.2) is 21.8 Å². The molecule has 13 heavy (non-hydrogen) atoms. The molecule has 0 aliphatic rings. The van der Waals surface area contributed by atoms with Crippen molar-refractivity contribution in [1.82, 2.24) is 4.98 Å². The Labute approximate surface area is 83.1 Å². The highest BCUT2D eigenvalue weighted by Gasteiger charge is 2.21. The summed E-state index contributed by atoms with van der Waals surface area (Å²) in [6.07, 6.45) is 2.31. The van der Waals surface area contributed by atoms with E-state index in [1.54, 1.807) is 0 Å². The van der Waals surface area contributed by atoms with Crippen molar-refractivity contribution >= 4 is 35.0 Å².